The number of fused-ring (bicyclic) bond motifs is 1. The highest BCUT2D eigenvalue weighted by Gasteiger charge is 2.27. The number of benzene rings is 1. The fraction of sp³-hybridized carbons (Fsp3) is 0.333. The van der Waals surface area contributed by atoms with Gasteiger partial charge in [0, 0.05) is 24.2 Å². The minimum Gasteiger partial charge on any atom is -0.315 e. The number of anilines is 1. The Bertz CT molecular complexity index is 426. The maximum absolute atomic E-state index is 11.7. The van der Waals surface area contributed by atoms with Crippen LogP contribution in [0.4, 0.5) is 5.69 Å². The summed E-state index contributed by atoms with van der Waals surface area (Å²) in [5.41, 5.74) is 2.61. The van der Waals surface area contributed by atoms with Crippen molar-refractivity contribution in [1.82, 2.24) is 0 Å². The molecule has 0 bridgehead atoms. The summed E-state index contributed by atoms with van der Waals surface area (Å²) >= 11 is 0. The lowest BCUT2D eigenvalue weighted by molar-refractivity contribution is -0.121. The highest BCUT2D eigenvalue weighted by Crippen LogP contribution is 2.29. The van der Waals surface area contributed by atoms with E-state index in [4.69, 9.17) is 0 Å². The summed E-state index contributed by atoms with van der Waals surface area (Å²) in [6.07, 6.45) is 1.56. The van der Waals surface area contributed by atoms with Gasteiger partial charge in [-0.3, -0.25) is 9.59 Å². The van der Waals surface area contributed by atoms with E-state index >= 15 is 0 Å². The van der Waals surface area contributed by atoms with Crippen molar-refractivity contribution in [1.29, 1.82) is 0 Å². The van der Waals surface area contributed by atoms with Crippen molar-refractivity contribution in [2.75, 3.05) is 11.9 Å². The Hall–Kier alpha value is -1.64. The molecule has 1 unspecified atom stereocenters. The zero-order valence-electron chi connectivity index (χ0n) is 8.86. The highest BCUT2D eigenvalue weighted by molar-refractivity contribution is 5.98. The number of amides is 1. The van der Waals surface area contributed by atoms with Gasteiger partial charge in [-0.2, -0.15) is 0 Å². The molecule has 0 saturated carbocycles. The van der Waals surface area contributed by atoms with Gasteiger partial charge >= 0.3 is 0 Å². The van der Waals surface area contributed by atoms with Gasteiger partial charge in [0.25, 0.3) is 0 Å². The Morgan fingerprint density at radius 2 is 2.20 bits per heavy atom. The lowest BCUT2D eigenvalue weighted by Crippen LogP contribution is -2.37. The molecule has 0 spiro atoms. The van der Waals surface area contributed by atoms with Crippen LogP contribution in [-0.2, 0) is 11.2 Å². The van der Waals surface area contributed by atoms with E-state index in [1.165, 1.54) is 0 Å². The molecule has 1 aliphatic heterocycles. The van der Waals surface area contributed by atoms with Crippen molar-refractivity contribution in [2.24, 2.45) is 5.92 Å². The molecule has 0 N–H and O–H groups in total. The normalized spacial score (nSPS) is 20.0. The van der Waals surface area contributed by atoms with Gasteiger partial charge < -0.3 is 4.90 Å². The van der Waals surface area contributed by atoms with E-state index in [0.29, 0.717) is 5.56 Å². The summed E-state index contributed by atoms with van der Waals surface area (Å²) in [5, 5.41) is 0. The second-order valence-corrected chi connectivity index (χ2v) is 4.01. The lowest BCUT2D eigenvalue weighted by atomic mass is 9.92. The third-order valence-corrected chi connectivity index (χ3v) is 2.89. The van der Waals surface area contributed by atoms with Gasteiger partial charge in [0.05, 0.1) is 0 Å². The first-order valence-corrected chi connectivity index (χ1v) is 4.99. The van der Waals surface area contributed by atoms with E-state index < -0.39 is 0 Å². The van der Waals surface area contributed by atoms with Gasteiger partial charge in [-0.15, -0.1) is 0 Å². The first kappa shape index (κ1) is 9.90. The van der Waals surface area contributed by atoms with Gasteiger partial charge in [-0.05, 0) is 18.1 Å². The van der Waals surface area contributed by atoms with E-state index in [9.17, 15) is 9.59 Å². The third kappa shape index (κ3) is 1.54. The SMILES string of the molecule is CC1Cc2ccc(C=O)cc2N(C)C1=O. The summed E-state index contributed by atoms with van der Waals surface area (Å²) in [5.74, 6) is 0.148. The fourth-order valence-corrected chi connectivity index (χ4v) is 2.01. The van der Waals surface area contributed by atoms with Gasteiger partial charge in [-0.25, -0.2) is 0 Å². The number of aldehydes is 1. The second-order valence-electron chi connectivity index (χ2n) is 4.01. The molecule has 0 saturated heterocycles. The molecule has 0 aromatic heterocycles. The maximum Gasteiger partial charge on any atom is 0.229 e. The van der Waals surface area contributed by atoms with Crippen LogP contribution in [0.5, 0.6) is 0 Å². The fourth-order valence-electron chi connectivity index (χ4n) is 2.01. The molecule has 1 heterocycles. The topological polar surface area (TPSA) is 37.4 Å². The summed E-state index contributed by atoms with van der Waals surface area (Å²) in [7, 11) is 1.76. The molecular weight excluding hydrogens is 190 g/mol. The van der Waals surface area contributed by atoms with Gasteiger partial charge in [-0.1, -0.05) is 19.1 Å². The Morgan fingerprint density at radius 3 is 2.87 bits per heavy atom. The highest BCUT2D eigenvalue weighted by atomic mass is 16.2. The molecule has 1 amide bonds. The zero-order valence-corrected chi connectivity index (χ0v) is 8.86. The molecule has 1 aromatic rings. The van der Waals surface area contributed by atoms with Crippen molar-refractivity contribution in [3.63, 3.8) is 0 Å². The Balaban J connectivity index is 2.51. The van der Waals surface area contributed by atoms with E-state index in [2.05, 4.69) is 0 Å². The second kappa shape index (κ2) is 3.50. The molecular formula is C12H13NO2. The largest absolute Gasteiger partial charge is 0.315 e. The number of carbonyl (C=O) groups is 2. The number of nitrogens with zero attached hydrogens (tertiary/aromatic N) is 1. The first-order chi connectivity index (χ1) is 7.13. The molecule has 0 radical (unpaired) electrons. The Kier molecular flexibility index (Phi) is 2.31. The van der Waals surface area contributed by atoms with Crippen LogP contribution in [-0.4, -0.2) is 19.2 Å². The smallest absolute Gasteiger partial charge is 0.229 e. The van der Waals surface area contributed by atoms with E-state index in [-0.39, 0.29) is 11.8 Å². The number of hydrogen-bond acceptors (Lipinski definition) is 2. The molecule has 1 aliphatic rings. The summed E-state index contributed by atoms with van der Waals surface area (Å²) in [6.45, 7) is 1.93. The van der Waals surface area contributed by atoms with E-state index in [1.807, 2.05) is 13.0 Å². The van der Waals surface area contributed by atoms with E-state index in [0.717, 1.165) is 24.0 Å². The number of rotatable bonds is 1. The molecule has 0 aliphatic carbocycles. The lowest BCUT2D eigenvalue weighted by Gasteiger charge is -2.29. The molecule has 3 nitrogen and oxygen atoms in total. The summed E-state index contributed by atoms with van der Waals surface area (Å²) < 4.78 is 0. The van der Waals surface area contributed by atoms with Crippen LogP contribution < -0.4 is 4.90 Å². The van der Waals surface area contributed by atoms with Crippen molar-refractivity contribution in [3.05, 3.63) is 29.3 Å². The van der Waals surface area contributed by atoms with Crippen LogP contribution in [0.3, 0.4) is 0 Å². The van der Waals surface area contributed by atoms with Crippen LogP contribution >= 0.6 is 0 Å². The predicted molar refractivity (Wildman–Crippen MR) is 58.1 cm³/mol. The molecule has 3 heteroatoms. The Labute approximate surface area is 88.7 Å². The van der Waals surface area contributed by atoms with Gasteiger partial charge in [0.2, 0.25) is 5.91 Å². The standard InChI is InChI=1S/C12H13NO2/c1-8-5-10-4-3-9(7-14)6-11(10)13(2)12(8)15/h3-4,6-8H,5H2,1-2H3. The molecule has 2 rings (SSSR count). The third-order valence-electron chi connectivity index (χ3n) is 2.89. The first-order valence-electron chi connectivity index (χ1n) is 4.99. The van der Waals surface area contributed by atoms with Gasteiger partial charge in [0.15, 0.2) is 0 Å². The summed E-state index contributed by atoms with van der Waals surface area (Å²) in [6, 6.07) is 5.49. The minimum absolute atomic E-state index is 0.0320. The molecule has 15 heavy (non-hydrogen) atoms. The van der Waals surface area contributed by atoms with Crippen molar-refractivity contribution < 1.29 is 9.59 Å². The number of hydrogen-bond donors (Lipinski definition) is 0. The van der Waals surface area contributed by atoms with Crippen molar-refractivity contribution in [2.45, 2.75) is 13.3 Å². The minimum atomic E-state index is 0.0320. The van der Waals surface area contributed by atoms with E-state index in [1.54, 1.807) is 24.1 Å². The average molecular weight is 203 g/mol. The molecule has 0 fully saturated rings. The summed E-state index contributed by atoms with van der Waals surface area (Å²) in [4.78, 5) is 24.0. The zero-order chi connectivity index (χ0) is 11.0. The van der Waals surface area contributed by atoms with Crippen molar-refractivity contribution in [3.8, 4) is 0 Å². The van der Waals surface area contributed by atoms with Crippen LogP contribution in [0.15, 0.2) is 18.2 Å². The Morgan fingerprint density at radius 1 is 1.47 bits per heavy atom. The molecule has 1 aromatic carbocycles. The van der Waals surface area contributed by atoms with Crippen molar-refractivity contribution >= 4 is 17.9 Å². The maximum atomic E-state index is 11.7. The van der Waals surface area contributed by atoms with Crippen LogP contribution in [0.25, 0.3) is 0 Å². The van der Waals surface area contributed by atoms with Gasteiger partial charge in [0.1, 0.15) is 6.29 Å². The predicted octanol–water partition coefficient (Wildman–Crippen LogP) is 1.65. The number of carbonyl (C=O) groups excluding carboxylic acids is 2. The monoisotopic (exact) mass is 203 g/mol. The quantitative estimate of drug-likeness (QED) is 0.651. The van der Waals surface area contributed by atoms with Crippen LogP contribution in [0.2, 0.25) is 0 Å². The average Bonchev–Trinajstić information content (AvgIpc) is 2.26. The molecule has 1 atom stereocenters. The van der Waals surface area contributed by atoms with Crippen LogP contribution in [0, 0.1) is 5.92 Å². The van der Waals surface area contributed by atoms with Crippen LogP contribution in [0.1, 0.15) is 22.8 Å². The molecule has 78 valence electrons.